The van der Waals surface area contributed by atoms with Gasteiger partial charge in [0, 0.05) is 14.1 Å². The number of halogens is 2. The number of amidine groups is 1. The number of rotatable bonds is 1. The number of phenolic OH excluding ortho intramolecular Hbond substituents is 1. The third-order valence-electron chi connectivity index (χ3n) is 2.53. The molecule has 2 rings (SSSR count). The topological polar surface area (TPSA) is 52.9 Å². The van der Waals surface area contributed by atoms with E-state index in [1.54, 1.807) is 32.3 Å². The maximum atomic E-state index is 12.0. The van der Waals surface area contributed by atoms with Crippen LogP contribution < -0.4 is 0 Å². The number of likely N-dealkylation sites (N-methyl/N-ethyl adjacent to an activating group) is 1. The number of hydrogen-bond acceptors (Lipinski definition) is 4. The second-order valence-corrected chi connectivity index (χ2v) is 6.08. The number of phenols is 1. The van der Waals surface area contributed by atoms with Crippen LogP contribution in [-0.2, 0) is 4.79 Å². The van der Waals surface area contributed by atoms with Crippen LogP contribution in [0, 0.1) is 0 Å². The summed E-state index contributed by atoms with van der Waals surface area (Å²) in [6.07, 6.45) is 1.72. The Hall–Kier alpha value is -0.980. The molecule has 0 unspecified atom stereocenters. The highest BCUT2D eigenvalue weighted by Gasteiger charge is 2.29. The first kappa shape index (κ1) is 14.4. The van der Waals surface area contributed by atoms with Gasteiger partial charge in [0.2, 0.25) is 0 Å². The average molecular weight is 362 g/mol. The van der Waals surface area contributed by atoms with Gasteiger partial charge in [-0.3, -0.25) is 14.7 Å². The lowest BCUT2D eigenvalue weighted by molar-refractivity contribution is -0.121. The number of aromatic hydroxyl groups is 1. The quantitative estimate of drug-likeness (QED) is 0.781. The molecule has 1 heterocycles. The normalized spacial score (nSPS) is 19.8. The van der Waals surface area contributed by atoms with Crippen LogP contribution in [0.25, 0.3) is 6.08 Å². The molecule has 1 N–H and O–H groups in total. The van der Waals surface area contributed by atoms with E-state index < -0.39 is 0 Å². The van der Waals surface area contributed by atoms with Gasteiger partial charge in [-0.05, 0) is 51.5 Å². The lowest BCUT2D eigenvalue weighted by Crippen LogP contribution is -2.23. The van der Waals surface area contributed by atoms with Crippen molar-refractivity contribution in [2.45, 2.75) is 0 Å². The van der Waals surface area contributed by atoms with E-state index in [1.165, 1.54) is 16.7 Å². The zero-order chi connectivity index (χ0) is 14.2. The molecule has 19 heavy (non-hydrogen) atoms. The van der Waals surface area contributed by atoms with E-state index in [9.17, 15) is 9.90 Å². The van der Waals surface area contributed by atoms with Crippen molar-refractivity contribution in [3.63, 3.8) is 0 Å². The molecule has 1 aromatic carbocycles. The zero-order valence-electron chi connectivity index (χ0n) is 10.1. The minimum Gasteiger partial charge on any atom is -0.505 e. The molecule has 1 saturated heterocycles. The molecule has 0 bridgehead atoms. The molecule has 1 aliphatic heterocycles. The fourth-order valence-electron chi connectivity index (χ4n) is 1.57. The van der Waals surface area contributed by atoms with Gasteiger partial charge in [0.15, 0.2) is 5.17 Å². The molecule has 1 aromatic rings. The highest BCUT2D eigenvalue weighted by molar-refractivity contribution is 9.10. The molecule has 0 spiro atoms. The lowest BCUT2D eigenvalue weighted by atomic mass is 10.2. The van der Waals surface area contributed by atoms with Crippen molar-refractivity contribution in [1.82, 2.24) is 4.90 Å². The van der Waals surface area contributed by atoms with Crippen LogP contribution in [0.5, 0.6) is 5.75 Å². The molecule has 0 atom stereocenters. The molecule has 1 fully saturated rings. The zero-order valence-corrected chi connectivity index (χ0v) is 13.3. The standard InChI is InChI=1S/C12H10BrClN2O2S/c1-15-12-16(2)11(18)9(19-12)5-6-3-7(13)10(17)8(14)4-6/h3-5,17H,1-2H3. The first-order valence-electron chi connectivity index (χ1n) is 5.26. The predicted molar refractivity (Wildman–Crippen MR) is 82.5 cm³/mol. The summed E-state index contributed by atoms with van der Waals surface area (Å²) in [5.74, 6) is -0.118. The number of benzene rings is 1. The number of carbonyl (C=O) groups is 1. The van der Waals surface area contributed by atoms with Crippen LogP contribution in [-0.4, -0.2) is 35.2 Å². The smallest absolute Gasteiger partial charge is 0.266 e. The van der Waals surface area contributed by atoms with Gasteiger partial charge in [0.1, 0.15) is 5.75 Å². The fraction of sp³-hybridized carbons (Fsp3) is 0.167. The molecular weight excluding hydrogens is 352 g/mol. The van der Waals surface area contributed by atoms with Gasteiger partial charge in [-0.25, -0.2) is 0 Å². The molecule has 0 aromatic heterocycles. The van der Waals surface area contributed by atoms with Crippen molar-refractivity contribution in [2.75, 3.05) is 14.1 Å². The molecular formula is C12H10BrClN2O2S. The molecule has 4 nitrogen and oxygen atoms in total. The third-order valence-corrected chi connectivity index (χ3v) is 4.58. The van der Waals surface area contributed by atoms with Crippen LogP contribution in [0.3, 0.4) is 0 Å². The van der Waals surface area contributed by atoms with Crippen molar-refractivity contribution in [3.05, 3.63) is 32.1 Å². The summed E-state index contributed by atoms with van der Waals surface area (Å²) < 4.78 is 0.486. The van der Waals surface area contributed by atoms with Crippen molar-refractivity contribution in [2.24, 2.45) is 4.99 Å². The van der Waals surface area contributed by atoms with E-state index in [0.29, 0.717) is 14.5 Å². The van der Waals surface area contributed by atoms with Gasteiger partial charge in [-0.2, -0.15) is 0 Å². The Kier molecular flexibility index (Phi) is 4.23. The number of nitrogens with zero attached hydrogens (tertiary/aromatic N) is 2. The molecule has 0 radical (unpaired) electrons. The van der Waals surface area contributed by atoms with Crippen LogP contribution in [0.4, 0.5) is 0 Å². The van der Waals surface area contributed by atoms with Crippen molar-refractivity contribution in [1.29, 1.82) is 0 Å². The SMILES string of the molecule is CN=C1SC(=Cc2cc(Cl)c(O)c(Br)c2)C(=O)N1C. The highest BCUT2D eigenvalue weighted by atomic mass is 79.9. The largest absolute Gasteiger partial charge is 0.505 e. The summed E-state index contributed by atoms with van der Waals surface area (Å²) >= 11 is 10.4. The summed E-state index contributed by atoms with van der Waals surface area (Å²) in [6.45, 7) is 0. The Morgan fingerprint density at radius 2 is 2.21 bits per heavy atom. The van der Waals surface area contributed by atoms with E-state index in [-0.39, 0.29) is 16.7 Å². The minimum atomic E-state index is -0.106. The maximum absolute atomic E-state index is 12.0. The average Bonchev–Trinajstić information content (AvgIpc) is 2.63. The van der Waals surface area contributed by atoms with Gasteiger partial charge in [-0.15, -0.1) is 0 Å². The maximum Gasteiger partial charge on any atom is 0.266 e. The summed E-state index contributed by atoms with van der Waals surface area (Å²) in [5.41, 5.74) is 0.733. The van der Waals surface area contributed by atoms with E-state index in [2.05, 4.69) is 20.9 Å². The second kappa shape index (κ2) is 5.56. The van der Waals surface area contributed by atoms with E-state index >= 15 is 0 Å². The van der Waals surface area contributed by atoms with Crippen molar-refractivity contribution in [3.8, 4) is 5.75 Å². The Labute approximate surface area is 128 Å². The number of hydrogen-bond donors (Lipinski definition) is 1. The minimum absolute atomic E-state index is 0.0119. The van der Waals surface area contributed by atoms with Crippen LogP contribution in [0.2, 0.25) is 5.02 Å². The van der Waals surface area contributed by atoms with Gasteiger partial charge in [-0.1, -0.05) is 11.6 Å². The fourth-order valence-corrected chi connectivity index (χ4v) is 3.32. The summed E-state index contributed by atoms with van der Waals surface area (Å²) in [5, 5.41) is 10.5. The molecule has 7 heteroatoms. The molecule has 0 aliphatic carbocycles. The van der Waals surface area contributed by atoms with Gasteiger partial charge in [0.05, 0.1) is 14.4 Å². The first-order chi connectivity index (χ1) is 8.93. The highest BCUT2D eigenvalue weighted by Crippen LogP contribution is 2.36. The Balaban J connectivity index is 2.40. The Morgan fingerprint density at radius 1 is 1.53 bits per heavy atom. The van der Waals surface area contributed by atoms with Gasteiger partial charge < -0.3 is 5.11 Å². The lowest BCUT2D eigenvalue weighted by Gasteiger charge is -2.05. The summed E-state index contributed by atoms with van der Waals surface area (Å²) in [4.78, 5) is 18.1. The Morgan fingerprint density at radius 3 is 2.74 bits per heavy atom. The van der Waals surface area contributed by atoms with Gasteiger partial charge in [0.25, 0.3) is 5.91 Å². The van der Waals surface area contributed by atoms with Crippen LogP contribution in [0.1, 0.15) is 5.56 Å². The summed E-state index contributed by atoms with van der Waals surface area (Å²) in [7, 11) is 3.32. The van der Waals surface area contributed by atoms with Crippen molar-refractivity contribution < 1.29 is 9.90 Å². The van der Waals surface area contributed by atoms with E-state index in [0.717, 1.165) is 5.56 Å². The third kappa shape index (κ3) is 2.80. The monoisotopic (exact) mass is 360 g/mol. The molecule has 1 aliphatic rings. The number of thioether (sulfide) groups is 1. The molecule has 1 amide bonds. The molecule has 100 valence electrons. The predicted octanol–water partition coefficient (Wildman–Crippen LogP) is 3.34. The van der Waals surface area contributed by atoms with E-state index in [1.807, 2.05) is 0 Å². The van der Waals surface area contributed by atoms with Gasteiger partial charge >= 0.3 is 0 Å². The molecule has 0 saturated carbocycles. The number of carbonyl (C=O) groups excluding carboxylic acids is 1. The Bertz CT molecular complexity index is 593. The van der Waals surface area contributed by atoms with Crippen molar-refractivity contribution >= 4 is 56.4 Å². The van der Waals surface area contributed by atoms with Crippen LogP contribution >= 0.6 is 39.3 Å². The number of aliphatic imine (C=N–C) groups is 1. The summed E-state index contributed by atoms with van der Waals surface area (Å²) in [6, 6.07) is 3.30. The number of amides is 1. The van der Waals surface area contributed by atoms with Crippen LogP contribution in [0.15, 0.2) is 26.5 Å². The second-order valence-electron chi connectivity index (χ2n) is 3.81. The first-order valence-corrected chi connectivity index (χ1v) is 7.25. The van der Waals surface area contributed by atoms with E-state index in [4.69, 9.17) is 11.6 Å².